The zero-order valence-electron chi connectivity index (χ0n) is 11.0. The van der Waals surface area contributed by atoms with Crippen molar-refractivity contribution in [2.24, 2.45) is 0 Å². The molecule has 0 heterocycles. The van der Waals surface area contributed by atoms with Gasteiger partial charge in [-0.15, -0.1) is 0 Å². The van der Waals surface area contributed by atoms with Crippen molar-refractivity contribution in [2.45, 2.75) is 13.3 Å². The second kappa shape index (κ2) is 6.76. The van der Waals surface area contributed by atoms with Crippen molar-refractivity contribution in [2.75, 3.05) is 26.0 Å². The van der Waals surface area contributed by atoms with Crippen LogP contribution >= 0.6 is 0 Å². The van der Waals surface area contributed by atoms with Crippen molar-refractivity contribution in [3.63, 3.8) is 0 Å². The second-order valence-corrected chi connectivity index (χ2v) is 4.03. The topological polar surface area (TPSA) is 70.2 Å². The van der Waals surface area contributed by atoms with Gasteiger partial charge in [-0.1, -0.05) is 11.6 Å². The summed E-state index contributed by atoms with van der Waals surface area (Å²) in [6, 6.07) is 5.36. The molecule has 0 bridgehead atoms. The Hall–Kier alpha value is -1.88. The third-order valence-electron chi connectivity index (χ3n) is 2.52. The van der Waals surface area contributed by atoms with E-state index in [0.29, 0.717) is 24.2 Å². The minimum atomic E-state index is -0.206. The van der Waals surface area contributed by atoms with Crippen molar-refractivity contribution >= 4 is 17.5 Å². The number of aryl methyl sites for hydroxylation is 1. The summed E-state index contributed by atoms with van der Waals surface area (Å²) in [5.74, 6) is -0.319. The van der Waals surface area contributed by atoms with Gasteiger partial charge in [-0.25, -0.2) is 0 Å². The molecule has 0 atom stereocenters. The lowest BCUT2D eigenvalue weighted by atomic mass is 10.1. The lowest BCUT2D eigenvalue weighted by Crippen LogP contribution is -2.23. The van der Waals surface area contributed by atoms with E-state index in [-0.39, 0.29) is 11.8 Å². The van der Waals surface area contributed by atoms with E-state index < -0.39 is 0 Å². The minimum Gasteiger partial charge on any atom is -0.355 e. The number of hydrogen-bond acceptors (Lipinski definition) is 3. The highest BCUT2D eigenvalue weighted by Crippen LogP contribution is 2.17. The van der Waals surface area contributed by atoms with Crippen molar-refractivity contribution in [1.82, 2.24) is 10.6 Å². The lowest BCUT2D eigenvalue weighted by Gasteiger charge is -2.11. The van der Waals surface area contributed by atoms with Crippen LogP contribution in [-0.4, -0.2) is 32.5 Å². The van der Waals surface area contributed by atoms with Gasteiger partial charge in [0.05, 0.1) is 11.3 Å². The van der Waals surface area contributed by atoms with Crippen LogP contribution < -0.4 is 16.0 Å². The molecule has 3 N–H and O–H groups in total. The molecule has 0 radical (unpaired) electrons. The van der Waals surface area contributed by atoms with E-state index in [9.17, 15) is 9.59 Å². The Morgan fingerprint density at radius 3 is 2.56 bits per heavy atom. The Kier molecular flexibility index (Phi) is 5.32. The largest absolute Gasteiger partial charge is 0.355 e. The van der Waals surface area contributed by atoms with E-state index in [1.54, 1.807) is 26.2 Å². The quantitative estimate of drug-likeness (QED) is 0.726. The molecule has 0 saturated carbocycles. The molecule has 0 spiro atoms. The maximum absolute atomic E-state index is 11.7. The van der Waals surface area contributed by atoms with Crippen molar-refractivity contribution in [1.29, 1.82) is 0 Å². The molecule has 0 fully saturated rings. The fraction of sp³-hybridized carbons (Fsp3) is 0.385. The molecule has 0 aliphatic heterocycles. The second-order valence-electron chi connectivity index (χ2n) is 4.03. The fourth-order valence-electron chi connectivity index (χ4n) is 1.54. The Balaban J connectivity index is 2.87. The molecule has 1 rings (SSSR count). The summed E-state index contributed by atoms with van der Waals surface area (Å²) < 4.78 is 0. The van der Waals surface area contributed by atoms with Gasteiger partial charge in [0.1, 0.15) is 0 Å². The number of carbonyl (C=O) groups is 2. The van der Waals surface area contributed by atoms with Gasteiger partial charge in [-0.3, -0.25) is 9.59 Å². The number of rotatable bonds is 5. The minimum absolute atomic E-state index is 0.113. The van der Waals surface area contributed by atoms with Crippen LogP contribution in [0.1, 0.15) is 22.3 Å². The average molecular weight is 249 g/mol. The summed E-state index contributed by atoms with van der Waals surface area (Å²) in [7, 11) is 3.35. The standard InChI is InChI=1S/C13H19N3O2/c1-9-4-5-11(10(8-9)13(18)15-3)16-12(17)6-7-14-2/h4-5,8,14H,6-7H2,1-3H3,(H,15,18)(H,16,17). The lowest BCUT2D eigenvalue weighted by molar-refractivity contribution is -0.116. The van der Waals surface area contributed by atoms with E-state index in [1.807, 2.05) is 13.0 Å². The van der Waals surface area contributed by atoms with Crippen molar-refractivity contribution in [3.05, 3.63) is 29.3 Å². The average Bonchev–Trinajstić information content (AvgIpc) is 2.37. The molecule has 1 aromatic rings. The first-order valence-corrected chi connectivity index (χ1v) is 5.85. The van der Waals surface area contributed by atoms with E-state index in [0.717, 1.165) is 5.56 Å². The summed E-state index contributed by atoms with van der Waals surface area (Å²) in [6.45, 7) is 2.51. The maximum Gasteiger partial charge on any atom is 0.253 e. The first-order chi connectivity index (χ1) is 8.58. The molecule has 0 aliphatic rings. The smallest absolute Gasteiger partial charge is 0.253 e. The number of anilines is 1. The number of carbonyl (C=O) groups excluding carboxylic acids is 2. The van der Waals surface area contributed by atoms with E-state index in [1.165, 1.54) is 0 Å². The fourth-order valence-corrected chi connectivity index (χ4v) is 1.54. The zero-order valence-corrected chi connectivity index (χ0v) is 11.0. The SMILES string of the molecule is CNCCC(=O)Nc1ccc(C)cc1C(=O)NC. The monoisotopic (exact) mass is 249 g/mol. The maximum atomic E-state index is 11.7. The van der Waals surface area contributed by atoms with E-state index >= 15 is 0 Å². The molecular weight excluding hydrogens is 230 g/mol. The number of nitrogens with one attached hydrogen (secondary N) is 3. The van der Waals surface area contributed by atoms with Gasteiger partial charge < -0.3 is 16.0 Å². The van der Waals surface area contributed by atoms with Crippen LogP contribution in [-0.2, 0) is 4.79 Å². The predicted molar refractivity (Wildman–Crippen MR) is 71.7 cm³/mol. The zero-order chi connectivity index (χ0) is 13.5. The molecule has 5 heteroatoms. The summed E-state index contributed by atoms with van der Waals surface area (Å²) in [6.07, 6.45) is 0.373. The van der Waals surface area contributed by atoms with Crippen LogP contribution in [0.15, 0.2) is 18.2 Å². The third-order valence-corrected chi connectivity index (χ3v) is 2.52. The van der Waals surface area contributed by atoms with E-state index in [2.05, 4.69) is 16.0 Å². The van der Waals surface area contributed by atoms with Crippen molar-refractivity contribution < 1.29 is 9.59 Å². The first-order valence-electron chi connectivity index (χ1n) is 5.85. The number of amides is 2. The molecule has 2 amide bonds. The van der Waals surface area contributed by atoms with Gasteiger partial charge in [0.2, 0.25) is 5.91 Å². The van der Waals surface area contributed by atoms with Gasteiger partial charge in [0, 0.05) is 20.0 Å². The molecule has 0 saturated heterocycles. The van der Waals surface area contributed by atoms with Gasteiger partial charge >= 0.3 is 0 Å². The van der Waals surface area contributed by atoms with Crippen LogP contribution in [0.25, 0.3) is 0 Å². The Morgan fingerprint density at radius 2 is 1.94 bits per heavy atom. The molecular formula is C13H19N3O2. The van der Waals surface area contributed by atoms with Crippen LogP contribution in [0.2, 0.25) is 0 Å². The summed E-state index contributed by atoms with van der Waals surface area (Å²) in [5.41, 5.74) is 2.00. The van der Waals surface area contributed by atoms with Crippen LogP contribution in [0.4, 0.5) is 5.69 Å². The van der Waals surface area contributed by atoms with Crippen LogP contribution in [0.5, 0.6) is 0 Å². The first kappa shape index (κ1) is 14.2. The van der Waals surface area contributed by atoms with Gasteiger partial charge in [-0.05, 0) is 26.1 Å². The van der Waals surface area contributed by atoms with Crippen molar-refractivity contribution in [3.8, 4) is 0 Å². The molecule has 5 nitrogen and oxygen atoms in total. The highest BCUT2D eigenvalue weighted by atomic mass is 16.2. The van der Waals surface area contributed by atoms with Crippen LogP contribution in [0.3, 0.4) is 0 Å². The predicted octanol–water partition coefficient (Wildman–Crippen LogP) is 0.903. The van der Waals surface area contributed by atoms with Gasteiger partial charge in [0.15, 0.2) is 0 Å². The molecule has 0 unspecified atom stereocenters. The number of hydrogen-bond donors (Lipinski definition) is 3. The summed E-state index contributed by atoms with van der Waals surface area (Å²) >= 11 is 0. The third kappa shape index (κ3) is 3.85. The number of benzene rings is 1. The molecule has 0 aliphatic carbocycles. The Bertz CT molecular complexity index is 444. The van der Waals surface area contributed by atoms with Gasteiger partial charge in [-0.2, -0.15) is 0 Å². The molecule has 1 aromatic carbocycles. The Morgan fingerprint density at radius 1 is 1.22 bits per heavy atom. The van der Waals surface area contributed by atoms with Gasteiger partial charge in [0.25, 0.3) is 5.91 Å². The molecule has 18 heavy (non-hydrogen) atoms. The normalized spacial score (nSPS) is 9.94. The Labute approximate surface area is 107 Å². The highest BCUT2D eigenvalue weighted by molar-refractivity contribution is 6.03. The van der Waals surface area contributed by atoms with Crippen LogP contribution in [0, 0.1) is 6.92 Å². The van der Waals surface area contributed by atoms with E-state index in [4.69, 9.17) is 0 Å². The molecule has 98 valence electrons. The molecule has 0 aromatic heterocycles. The summed E-state index contributed by atoms with van der Waals surface area (Å²) in [5, 5.41) is 8.21. The summed E-state index contributed by atoms with van der Waals surface area (Å²) in [4.78, 5) is 23.3. The highest BCUT2D eigenvalue weighted by Gasteiger charge is 2.12.